The van der Waals surface area contributed by atoms with Gasteiger partial charge in [0.15, 0.2) is 5.60 Å². The number of carbonyl (C=O) groups is 2. The summed E-state index contributed by atoms with van der Waals surface area (Å²) in [5.41, 5.74) is -2.13. The van der Waals surface area contributed by atoms with E-state index in [-0.39, 0.29) is 17.1 Å². The first-order chi connectivity index (χ1) is 15.4. The van der Waals surface area contributed by atoms with Crippen molar-refractivity contribution < 1.29 is 29.3 Å². The van der Waals surface area contributed by atoms with Crippen molar-refractivity contribution in [1.29, 1.82) is 0 Å². The van der Waals surface area contributed by atoms with E-state index in [0.717, 1.165) is 5.56 Å². The van der Waals surface area contributed by atoms with Crippen molar-refractivity contribution in [2.45, 2.75) is 24.0 Å². The van der Waals surface area contributed by atoms with Crippen LogP contribution in [0.5, 0.6) is 11.5 Å². The molecule has 1 fully saturated rings. The molecule has 7 heteroatoms. The molecular formula is C25H21NO6. The van der Waals surface area contributed by atoms with E-state index in [4.69, 9.17) is 9.47 Å². The molecule has 3 aromatic rings. The third-order valence-corrected chi connectivity index (χ3v) is 6.56. The highest BCUT2D eigenvalue weighted by Gasteiger charge is 2.76. The molecule has 2 heterocycles. The van der Waals surface area contributed by atoms with Crippen molar-refractivity contribution in [2.24, 2.45) is 5.92 Å². The number of hydrogen-bond donors (Lipinski definition) is 2. The first-order valence-corrected chi connectivity index (χ1v) is 10.2. The van der Waals surface area contributed by atoms with Gasteiger partial charge in [-0.3, -0.25) is 14.6 Å². The fraction of sp³-hybridized carbons (Fsp3) is 0.240. The van der Waals surface area contributed by atoms with Crippen LogP contribution >= 0.6 is 0 Å². The molecule has 1 unspecified atom stereocenters. The van der Waals surface area contributed by atoms with Crippen LogP contribution in [0.4, 0.5) is 0 Å². The second-order valence-corrected chi connectivity index (χ2v) is 8.22. The Bertz CT molecular complexity index is 1220. The Balaban J connectivity index is 1.90. The fourth-order valence-corrected chi connectivity index (χ4v) is 5.20. The maximum Gasteiger partial charge on any atom is 0.311 e. The molecule has 2 aliphatic rings. The van der Waals surface area contributed by atoms with E-state index in [1.807, 2.05) is 19.1 Å². The molecule has 7 nitrogen and oxygen atoms in total. The summed E-state index contributed by atoms with van der Waals surface area (Å²) in [7, 11) is 1.37. The second kappa shape index (κ2) is 6.90. The SMILES string of the molecule is COc1cncc2c1[C@@]1(O)C(=O)C(c3ccc(C)cc3)(O2)[C@H](c2ccccc2)[C@@H]1C(=O)O. The highest BCUT2D eigenvalue weighted by Crippen LogP contribution is 2.65. The van der Waals surface area contributed by atoms with Crippen molar-refractivity contribution in [3.05, 3.63) is 89.2 Å². The molecule has 32 heavy (non-hydrogen) atoms. The maximum absolute atomic E-state index is 14.1. The lowest BCUT2D eigenvalue weighted by molar-refractivity contribution is -0.161. The van der Waals surface area contributed by atoms with Crippen LogP contribution in [0.15, 0.2) is 67.0 Å². The Labute approximate surface area is 184 Å². The average Bonchev–Trinajstić information content (AvgIpc) is 2.92. The van der Waals surface area contributed by atoms with E-state index in [0.29, 0.717) is 11.1 Å². The molecule has 4 atom stereocenters. The molecule has 5 rings (SSSR count). The standard InChI is InChI=1S/C25H21NO6/c1-14-8-10-16(11-9-14)25-19(15-6-4-3-5-7-15)21(22(27)28)24(30,23(25)29)20-17(31-2)12-26-13-18(20)32-25/h3-13,19,21,30H,1-2H3,(H,27,28)/t19-,21-,24+,25?/m1/s1. The van der Waals surface area contributed by atoms with Gasteiger partial charge in [-0.1, -0.05) is 60.2 Å². The number of hydrogen-bond acceptors (Lipinski definition) is 6. The van der Waals surface area contributed by atoms with Gasteiger partial charge in [0.25, 0.3) is 0 Å². The van der Waals surface area contributed by atoms with Crippen molar-refractivity contribution in [3.8, 4) is 11.5 Å². The van der Waals surface area contributed by atoms with Crippen molar-refractivity contribution in [2.75, 3.05) is 7.11 Å². The monoisotopic (exact) mass is 431 g/mol. The van der Waals surface area contributed by atoms with Gasteiger partial charge in [0, 0.05) is 5.56 Å². The quantitative estimate of drug-likeness (QED) is 0.654. The van der Waals surface area contributed by atoms with Gasteiger partial charge in [-0.2, -0.15) is 0 Å². The molecule has 1 aliphatic carbocycles. The van der Waals surface area contributed by atoms with Gasteiger partial charge in [-0.05, 0) is 12.5 Å². The minimum atomic E-state index is -2.38. The van der Waals surface area contributed by atoms with Gasteiger partial charge in [-0.25, -0.2) is 0 Å². The minimum Gasteiger partial charge on any atom is -0.495 e. The molecule has 0 spiro atoms. The number of aliphatic carboxylic acids is 1. The predicted molar refractivity (Wildman–Crippen MR) is 113 cm³/mol. The number of aliphatic hydroxyl groups is 1. The molecular weight excluding hydrogens is 410 g/mol. The summed E-state index contributed by atoms with van der Waals surface area (Å²) in [6, 6.07) is 16.0. The van der Waals surface area contributed by atoms with Crippen LogP contribution in [-0.2, 0) is 20.8 Å². The van der Waals surface area contributed by atoms with E-state index in [1.165, 1.54) is 19.5 Å². The summed E-state index contributed by atoms with van der Waals surface area (Å²) in [6.45, 7) is 1.91. The Morgan fingerprint density at radius 1 is 1.09 bits per heavy atom. The van der Waals surface area contributed by atoms with Gasteiger partial charge < -0.3 is 19.7 Å². The number of Topliss-reactive ketones (excluding diaryl/α,β-unsaturated/α-hetero) is 1. The van der Waals surface area contributed by atoms with Gasteiger partial charge in [0.1, 0.15) is 17.4 Å². The van der Waals surface area contributed by atoms with Crippen LogP contribution in [0, 0.1) is 12.8 Å². The molecule has 0 amide bonds. The zero-order chi connectivity index (χ0) is 22.7. The normalized spacial score (nSPS) is 28.0. The Morgan fingerprint density at radius 2 is 1.78 bits per heavy atom. The fourth-order valence-electron chi connectivity index (χ4n) is 5.20. The Hall–Kier alpha value is -3.71. The number of aromatic nitrogens is 1. The largest absolute Gasteiger partial charge is 0.495 e. The number of rotatable bonds is 4. The Morgan fingerprint density at radius 3 is 2.41 bits per heavy atom. The molecule has 1 aliphatic heterocycles. The van der Waals surface area contributed by atoms with Crippen molar-refractivity contribution in [1.82, 2.24) is 4.98 Å². The third-order valence-electron chi connectivity index (χ3n) is 6.56. The van der Waals surface area contributed by atoms with Gasteiger partial charge in [0.05, 0.1) is 31.0 Å². The summed E-state index contributed by atoms with van der Waals surface area (Å²) in [6.07, 6.45) is 2.71. The number of pyridine rings is 1. The number of nitrogens with zero attached hydrogens (tertiary/aromatic N) is 1. The van der Waals surface area contributed by atoms with E-state index in [2.05, 4.69) is 4.98 Å². The summed E-state index contributed by atoms with van der Waals surface area (Å²) in [4.78, 5) is 30.9. The average molecular weight is 431 g/mol. The first-order valence-electron chi connectivity index (χ1n) is 10.2. The van der Waals surface area contributed by atoms with E-state index in [9.17, 15) is 19.8 Å². The molecule has 2 bridgehead atoms. The number of carboxylic acids is 1. The number of ether oxygens (including phenoxy) is 2. The molecule has 2 N–H and O–H groups in total. The molecule has 1 saturated carbocycles. The van der Waals surface area contributed by atoms with Crippen LogP contribution < -0.4 is 9.47 Å². The van der Waals surface area contributed by atoms with Crippen LogP contribution in [0.1, 0.15) is 28.2 Å². The number of methoxy groups -OCH3 is 1. The minimum absolute atomic E-state index is 0.00596. The van der Waals surface area contributed by atoms with Gasteiger partial charge in [0.2, 0.25) is 11.4 Å². The van der Waals surface area contributed by atoms with Crippen LogP contribution in [0.25, 0.3) is 0 Å². The Kier molecular flexibility index (Phi) is 4.36. The van der Waals surface area contributed by atoms with Crippen molar-refractivity contribution in [3.63, 3.8) is 0 Å². The molecule has 162 valence electrons. The topological polar surface area (TPSA) is 106 Å². The second-order valence-electron chi connectivity index (χ2n) is 8.22. The predicted octanol–water partition coefficient (Wildman–Crippen LogP) is 2.94. The molecule has 0 saturated heterocycles. The highest BCUT2D eigenvalue weighted by molar-refractivity contribution is 6.07. The van der Waals surface area contributed by atoms with Gasteiger partial charge >= 0.3 is 5.97 Å². The van der Waals surface area contributed by atoms with E-state index < -0.39 is 34.8 Å². The number of carboxylic acid groups (broad SMARTS) is 1. The lowest BCUT2D eigenvalue weighted by Crippen LogP contribution is -2.51. The van der Waals surface area contributed by atoms with E-state index >= 15 is 0 Å². The third kappa shape index (κ3) is 2.42. The van der Waals surface area contributed by atoms with Crippen molar-refractivity contribution >= 4 is 11.8 Å². The number of benzene rings is 2. The lowest BCUT2D eigenvalue weighted by Gasteiger charge is -2.39. The van der Waals surface area contributed by atoms with Crippen LogP contribution in [-0.4, -0.2) is 34.1 Å². The molecule has 2 aromatic carbocycles. The van der Waals surface area contributed by atoms with Gasteiger partial charge in [-0.15, -0.1) is 0 Å². The van der Waals surface area contributed by atoms with E-state index in [1.54, 1.807) is 42.5 Å². The summed E-state index contributed by atoms with van der Waals surface area (Å²) >= 11 is 0. The van der Waals surface area contributed by atoms with Crippen LogP contribution in [0.2, 0.25) is 0 Å². The smallest absolute Gasteiger partial charge is 0.311 e. The van der Waals surface area contributed by atoms with Crippen LogP contribution in [0.3, 0.4) is 0 Å². The number of aryl methyl sites for hydroxylation is 1. The number of fused-ring (bicyclic) bond motifs is 4. The molecule has 1 aromatic heterocycles. The zero-order valence-corrected chi connectivity index (χ0v) is 17.5. The number of ketones is 1. The summed E-state index contributed by atoms with van der Waals surface area (Å²) in [5.74, 6) is -4.34. The lowest BCUT2D eigenvalue weighted by atomic mass is 9.75. The number of carbonyl (C=O) groups excluding carboxylic acids is 1. The summed E-state index contributed by atoms with van der Waals surface area (Å²) < 4.78 is 11.7. The highest BCUT2D eigenvalue weighted by atomic mass is 16.5. The maximum atomic E-state index is 14.1. The zero-order valence-electron chi connectivity index (χ0n) is 17.5. The molecule has 0 radical (unpaired) electrons. The first kappa shape index (κ1) is 20.2. The summed E-state index contributed by atoms with van der Waals surface area (Å²) in [5, 5.41) is 22.3.